The molecule has 0 radical (unpaired) electrons. The summed E-state index contributed by atoms with van der Waals surface area (Å²) in [6, 6.07) is 4.30. The Morgan fingerprint density at radius 2 is 1.41 bits per heavy atom. The summed E-state index contributed by atoms with van der Waals surface area (Å²) in [5.74, 6) is -0.978. The van der Waals surface area contributed by atoms with Crippen molar-refractivity contribution >= 4 is 24.4 Å². The maximum absolute atomic E-state index is 12.6. The van der Waals surface area contributed by atoms with Crippen LogP contribution in [0.4, 0.5) is 14.4 Å². The molecule has 2 atom stereocenters. The fraction of sp³-hybridized carbons (Fsp3) is 0.630. The van der Waals surface area contributed by atoms with Gasteiger partial charge in [-0.1, -0.05) is 39.7 Å². The molecule has 220 valence electrons. The lowest BCUT2D eigenvalue weighted by atomic mass is 9.88. The molecule has 0 aromatic heterocycles. The van der Waals surface area contributed by atoms with E-state index in [1.54, 1.807) is 6.92 Å². The molecule has 0 aliphatic carbocycles. The van der Waals surface area contributed by atoms with Crippen LogP contribution in [0.3, 0.4) is 0 Å². The normalized spacial score (nSPS) is 12.9. The van der Waals surface area contributed by atoms with E-state index in [2.05, 4.69) is 0 Å². The average Bonchev–Trinajstić information content (AvgIpc) is 2.89. The second-order valence-electron chi connectivity index (χ2n) is 8.90. The highest BCUT2D eigenvalue weighted by Crippen LogP contribution is 2.31. The molecule has 12 heteroatoms. The number of carbonyl (C=O) groups excluding carboxylic acids is 4. The third-order valence-electron chi connectivity index (χ3n) is 5.58. The van der Waals surface area contributed by atoms with Crippen LogP contribution in [0.1, 0.15) is 71.8 Å². The molecule has 12 nitrogen and oxygen atoms in total. The second kappa shape index (κ2) is 17.9. The highest BCUT2D eigenvalue weighted by atomic mass is 16.7. The first kappa shape index (κ1) is 33.5. The summed E-state index contributed by atoms with van der Waals surface area (Å²) < 4.78 is 35.5. The minimum Gasteiger partial charge on any atom is -0.468 e. The molecule has 39 heavy (non-hydrogen) atoms. The Hall–Kier alpha value is -3.54. The molecule has 1 aromatic rings. The molecule has 2 N–H and O–H groups in total. The highest BCUT2D eigenvalue weighted by molar-refractivity contribution is 5.81. The van der Waals surface area contributed by atoms with Crippen LogP contribution in [0.5, 0.6) is 11.5 Å². The van der Waals surface area contributed by atoms with E-state index < -0.39 is 30.0 Å². The summed E-state index contributed by atoms with van der Waals surface area (Å²) in [5.41, 5.74) is 5.21. The Labute approximate surface area is 229 Å². The Bertz CT molecular complexity index is 936. The molecule has 0 fully saturated rings. The van der Waals surface area contributed by atoms with Gasteiger partial charge in [0.25, 0.3) is 0 Å². The van der Waals surface area contributed by atoms with Gasteiger partial charge in [0.1, 0.15) is 11.6 Å². The van der Waals surface area contributed by atoms with E-state index >= 15 is 0 Å². The third kappa shape index (κ3) is 12.7. The molecule has 0 spiro atoms. The average molecular weight is 556 g/mol. The molecular weight excluding hydrogens is 514 g/mol. The van der Waals surface area contributed by atoms with Crippen molar-refractivity contribution in [3.05, 3.63) is 23.8 Å². The van der Waals surface area contributed by atoms with Gasteiger partial charge in [0.2, 0.25) is 0 Å². The van der Waals surface area contributed by atoms with E-state index in [1.165, 1.54) is 25.3 Å². The first-order valence-electron chi connectivity index (χ1n) is 13.1. The zero-order valence-electron chi connectivity index (χ0n) is 23.4. The topological polar surface area (TPSA) is 159 Å². The SMILES string of the molecule is CCCCOC(=O)Oc1ccc(C[C@](N)(CCOC(=O)O[C@@H](C)CC)C(=O)OC)cc1OC(=O)OCCCC. The number of nitrogens with two attached hydrogens (primary N) is 1. The van der Waals surface area contributed by atoms with Gasteiger partial charge in [-0.3, -0.25) is 4.79 Å². The van der Waals surface area contributed by atoms with Gasteiger partial charge >= 0.3 is 24.4 Å². The number of ether oxygens (including phenoxy) is 7. The maximum atomic E-state index is 12.6. The number of methoxy groups -OCH3 is 1. The van der Waals surface area contributed by atoms with Crippen molar-refractivity contribution < 1.29 is 52.3 Å². The number of carbonyl (C=O) groups is 4. The lowest BCUT2D eigenvalue weighted by Crippen LogP contribution is -2.51. The van der Waals surface area contributed by atoms with Gasteiger partial charge in [0, 0.05) is 12.8 Å². The summed E-state index contributed by atoms with van der Waals surface area (Å²) in [6.45, 7) is 7.57. The van der Waals surface area contributed by atoms with E-state index in [4.69, 9.17) is 38.9 Å². The van der Waals surface area contributed by atoms with Gasteiger partial charge in [-0.15, -0.1) is 0 Å². The Balaban J connectivity index is 3.09. The Morgan fingerprint density at radius 3 is 1.95 bits per heavy atom. The molecule has 0 aliphatic rings. The number of benzene rings is 1. The van der Waals surface area contributed by atoms with Gasteiger partial charge in [0.05, 0.1) is 26.9 Å². The van der Waals surface area contributed by atoms with Crippen LogP contribution >= 0.6 is 0 Å². The Morgan fingerprint density at radius 1 is 0.846 bits per heavy atom. The van der Waals surface area contributed by atoms with Gasteiger partial charge in [-0.05, 0) is 43.9 Å². The zero-order valence-corrected chi connectivity index (χ0v) is 23.4. The molecular formula is C27H41NO11. The van der Waals surface area contributed by atoms with Crippen LogP contribution in [0.15, 0.2) is 18.2 Å². The quantitative estimate of drug-likeness (QED) is 0.125. The number of hydrogen-bond donors (Lipinski definition) is 1. The van der Waals surface area contributed by atoms with Crippen molar-refractivity contribution in [2.75, 3.05) is 26.9 Å². The van der Waals surface area contributed by atoms with Crippen LogP contribution in [0, 0.1) is 0 Å². The van der Waals surface area contributed by atoms with Gasteiger partial charge in [0.15, 0.2) is 11.5 Å². The van der Waals surface area contributed by atoms with E-state index in [0.717, 1.165) is 12.8 Å². The molecule has 0 saturated heterocycles. The summed E-state index contributed by atoms with van der Waals surface area (Å²) in [5, 5.41) is 0. The fourth-order valence-electron chi connectivity index (χ4n) is 3.09. The van der Waals surface area contributed by atoms with Crippen molar-refractivity contribution in [2.45, 2.75) is 84.3 Å². The minimum atomic E-state index is -1.61. The van der Waals surface area contributed by atoms with Crippen molar-refractivity contribution in [1.82, 2.24) is 0 Å². The summed E-state index contributed by atoms with van der Waals surface area (Å²) in [4.78, 5) is 48.7. The lowest BCUT2D eigenvalue weighted by molar-refractivity contribution is -0.147. The van der Waals surface area contributed by atoms with Crippen LogP contribution in [0.25, 0.3) is 0 Å². The smallest absolute Gasteiger partial charge is 0.468 e. The number of unbranched alkanes of at least 4 members (excludes halogenated alkanes) is 2. The minimum absolute atomic E-state index is 0.0907. The third-order valence-corrected chi connectivity index (χ3v) is 5.58. The maximum Gasteiger partial charge on any atom is 0.513 e. The molecule has 0 amide bonds. The molecule has 0 saturated carbocycles. The van der Waals surface area contributed by atoms with E-state index in [1.807, 2.05) is 20.8 Å². The van der Waals surface area contributed by atoms with Crippen LogP contribution in [0.2, 0.25) is 0 Å². The van der Waals surface area contributed by atoms with Crippen LogP contribution in [-0.2, 0) is 34.9 Å². The van der Waals surface area contributed by atoms with Crippen molar-refractivity contribution in [1.29, 1.82) is 0 Å². The molecule has 0 heterocycles. The number of esters is 1. The summed E-state index contributed by atoms with van der Waals surface area (Å²) in [7, 11) is 1.18. The molecule has 1 rings (SSSR count). The predicted molar refractivity (Wildman–Crippen MR) is 140 cm³/mol. The zero-order chi connectivity index (χ0) is 29.3. The largest absolute Gasteiger partial charge is 0.513 e. The Kier molecular flexibility index (Phi) is 15.3. The monoisotopic (exact) mass is 555 g/mol. The lowest BCUT2D eigenvalue weighted by Gasteiger charge is -2.26. The van der Waals surface area contributed by atoms with Gasteiger partial charge in [-0.25, -0.2) is 14.4 Å². The standard InChI is InChI=1S/C27H41NO11/c1-6-9-14-34-25(31)38-21-12-11-20(17-22(21)39-26(32)35-15-10-7-2)18-27(28,23(29)33-5)13-16-36-24(30)37-19(4)8-3/h11-12,17,19H,6-10,13-16,18,28H2,1-5H3/t19-,27+/m0/s1. The van der Waals surface area contributed by atoms with E-state index in [0.29, 0.717) is 24.8 Å². The van der Waals surface area contributed by atoms with Crippen LogP contribution < -0.4 is 15.2 Å². The molecule has 0 unspecified atom stereocenters. The second-order valence-corrected chi connectivity index (χ2v) is 8.90. The molecule has 1 aromatic carbocycles. The number of hydrogen-bond acceptors (Lipinski definition) is 12. The van der Waals surface area contributed by atoms with Crippen molar-refractivity contribution in [3.63, 3.8) is 0 Å². The first-order valence-corrected chi connectivity index (χ1v) is 13.1. The van der Waals surface area contributed by atoms with E-state index in [9.17, 15) is 19.2 Å². The molecule has 0 bridgehead atoms. The van der Waals surface area contributed by atoms with Crippen molar-refractivity contribution in [2.24, 2.45) is 5.73 Å². The fourth-order valence-corrected chi connectivity index (χ4v) is 3.09. The van der Waals surface area contributed by atoms with E-state index in [-0.39, 0.29) is 50.3 Å². The first-order chi connectivity index (χ1) is 18.6. The molecule has 0 aliphatic heterocycles. The van der Waals surface area contributed by atoms with Gasteiger partial charge in [-0.2, -0.15) is 0 Å². The summed E-state index contributed by atoms with van der Waals surface area (Å²) >= 11 is 0. The summed E-state index contributed by atoms with van der Waals surface area (Å²) in [6.07, 6.45) is 0.213. The van der Waals surface area contributed by atoms with Crippen molar-refractivity contribution in [3.8, 4) is 11.5 Å². The number of rotatable bonds is 16. The predicted octanol–water partition coefficient (Wildman–Crippen LogP) is 5.07. The highest BCUT2D eigenvalue weighted by Gasteiger charge is 2.36. The van der Waals surface area contributed by atoms with Gasteiger partial charge < -0.3 is 38.9 Å². The van der Waals surface area contributed by atoms with Crippen LogP contribution in [-0.4, -0.2) is 63.0 Å².